The molecular weight excluding hydrogens is 74.9 g/mol. The first-order valence-electron chi connectivity index (χ1n) is 1.56. The Morgan fingerprint density at radius 3 is 2.33 bits per heavy atom. The van der Waals surface area contributed by atoms with Crippen LogP contribution >= 0.6 is 0 Å². The molecule has 2 nitrogen and oxygen atoms in total. The maximum atomic E-state index is 7.89. The van der Waals surface area contributed by atoms with Crippen molar-refractivity contribution in [3.63, 3.8) is 0 Å². The second kappa shape index (κ2) is 1.83. The van der Waals surface area contributed by atoms with Crippen molar-refractivity contribution in [2.45, 2.75) is 6.04 Å². The van der Waals surface area contributed by atoms with Gasteiger partial charge in [0.15, 0.2) is 0 Å². The first-order valence-corrected chi connectivity index (χ1v) is 1.56. The van der Waals surface area contributed by atoms with Crippen LogP contribution in [0.4, 0.5) is 0 Å². The summed E-state index contributed by atoms with van der Waals surface area (Å²) in [5.41, 5.74) is 0. The summed E-state index contributed by atoms with van der Waals surface area (Å²) in [6.45, 7) is 0.899. The first-order chi connectivity index (χ1) is 2.43. The van der Waals surface area contributed by atoms with Crippen molar-refractivity contribution in [2.24, 2.45) is 0 Å². The first kappa shape index (κ1) is 5.51. The second-order valence-corrected chi connectivity index (χ2v) is 1.09. The highest BCUT2D eigenvalue weighted by atomic mass is 15.1. The van der Waals surface area contributed by atoms with E-state index in [2.05, 4.69) is 5.32 Å². The van der Waals surface area contributed by atoms with Gasteiger partial charge in [-0.1, -0.05) is 0 Å². The Bertz CT molecular complexity index is 71.4. The van der Waals surface area contributed by atoms with Gasteiger partial charge in [-0.15, -0.1) is 0 Å². The molecule has 0 radical (unpaired) electrons. The van der Waals surface area contributed by atoms with Crippen molar-refractivity contribution in [3.8, 4) is 6.07 Å². The smallest absolute Gasteiger partial charge is 0.108 e. The van der Waals surface area contributed by atoms with Crippen molar-refractivity contribution in [3.05, 3.63) is 0 Å². The molecule has 0 aromatic heterocycles. The lowest BCUT2D eigenvalue weighted by Gasteiger charge is -1.51. The minimum atomic E-state index is 0. The standard InChI is InChI=1S/C3H4N2.BH3/c4-1-3-2-5-3;/h3,5H,2H2;1H3. The van der Waals surface area contributed by atoms with Gasteiger partial charge < -0.3 is 0 Å². The van der Waals surface area contributed by atoms with Crippen molar-refractivity contribution in [1.82, 2.24) is 5.32 Å². The molecule has 6 heavy (non-hydrogen) atoms. The highest BCUT2D eigenvalue weighted by molar-refractivity contribution is 5.75. The topological polar surface area (TPSA) is 45.7 Å². The molecule has 0 aromatic carbocycles. The van der Waals surface area contributed by atoms with Gasteiger partial charge in [-0.25, -0.2) is 0 Å². The van der Waals surface area contributed by atoms with E-state index in [4.69, 9.17) is 5.26 Å². The van der Waals surface area contributed by atoms with E-state index in [1.165, 1.54) is 0 Å². The van der Waals surface area contributed by atoms with Crippen LogP contribution in [0.15, 0.2) is 0 Å². The fourth-order valence-electron chi connectivity index (χ4n) is 0.150. The predicted molar refractivity (Wildman–Crippen MR) is 27.3 cm³/mol. The number of nitriles is 1. The van der Waals surface area contributed by atoms with Crippen LogP contribution < -0.4 is 5.32 Å². The molecular formula is C3H7BN2. The molecule has 32 valence electrons. The van der Waals surface area contributed by atoms with Gasteiger partial charge in [0.1, 0.15) is 6.04 Å². The lowest BCUT2D eigenvalue weighted by molar-refractivity contribution is 1.21. The maximum Gasteiger partial charge on any atom is 0.108 e. The molecule has 1 saturated heterocycles. The van der Waals surface area contributed by atoms with Gasteiger partial charge in [-0.2, -0.15) is 5.26 Å². The summed E-state index contributed by atoms with van der Waals surface area (Å²) >= 11 is 0. The van der Waals surface area contributed by atoms with Gasteiger partial charge >= 0.3 is 0 Å². The average Bonchev–Trinajstić information content (AvgIpc) is 2.12. The van der Waals surface area contributed by atoms with Crippen molar-refractivity contribution in [2.75, 3.05) is 6.54 Å². The van der Waals surface area contributed by atoms with Gasteiger partial charge in [-0.05, 0) is 0 Å². The van der Waals surface area contributed by atoms with Gasteiger partial charge in [-0.3, -0.25) is 5.32 Å². The third-order valence-corrected chi connectivity index (χ3v) is 0.564. The number of rotatable bonds is 0. The second-order valence-electron chi connectivity index (χ2n) is 1.09. The Balaban J connectivity index is 0.000000250. The van der Waals surface area contributed by atoms with E-state index in [1.54, 1.807) is 0 Å². The minimum absolute atomic E-state index is 0. The van der Waals surface area contributed by atoms with Crippen LogP contribution in [-0.4, -0.2) is 21.0 Å². The summed E-state index contributed by atoms with van der Waals surface area (Å²) < 4.78 is 0. The Morgan fingerprint density at radius 2 is 2.33 bits per heavy atom. The fourth-order valence-corrected chi connectivity index (χ4v) is 0.150. The summed E-state index contributed by atoms with van der Waals surface area (Å²) in [5.74, 6) is 0. The SMILES string of the molecule is B.N#CC1CN1. The van der Waals surface area contributed by atoms with E-state index in [9.17, 15) is 0 Å². The van der Waals surface area contributed by atoms with Crippen LogP contribution in [0.25, 0.3) is 0 Å². The van der Waals surface area contributed by atoms with E-state index in [0.717, 1.165) is 6.54 Å². The molecule has 1 N–H and O–H groups in total. The van der Waals surface area contributed by atoms with E-state index in [0.29, 0.717) is 0 Å². The molecule has 0 bridgehead atoms. The van der Waals surface area contributed by atoms with Crippen LogP contribution in [0.1, 0.15) is 0 Å². The van der Waals surface area contributed by atoms with Crippen LogP contribution in [0, 0.1) is 11.3 Å². The normalized spacial score (nSPS) is 26.8. The molecule has 1 atom stereocenters. The number of nitrogens with one attached hydrogen (secondary N) is 1. The molecule has 0 aromatic rings. The highest BCUT2D eigenvalue weighted by Crippen LogP contribution is 1.89. The summed E-state index contributed by atoms with van der Waals surface area (Å²) in [4.78, 5) is 0. The van der Waals surface area contributed by atoms with Crippen LogP contribution in [0.5, 0.6) is 0 Å². The van der Waals surface area contributed by atoms with Crippen molar-refractivity contribution >= 4 is 8.41 Å². The molecule has 1 rings (SSSR count). The lowest BCUT2D eigenvalue weighted by atomic mass is 10.6. The average molecular weight is 81.9 g/mol. The summed E-state index contributed by atoms with van der Waals surface area (Å²) in [6.07, 6.45) is 0. The van der Waals surface area contributed by atoms with Crippen LogP contribution in [0.3, 0.4) is 0 Å². The molecule has 0 saturated carbocycles. The zero-order valence-electron chi connectivity index (χ0n) is 2.73. The van der Waals surface area contributed by atoms with E-state index in [1.807, 2.05) is 6.07 Å². The van der Waals surface area contributed by atoms with E-state index in [-0.39, 0.29) is 14.5 Å². The minimum Gasteiger partial charge on any atom is -0.298 e. The summed E-state index contributed by atoms with van der Waals surface area (Å²) in [7, 11) is 0. The Morgan fingerprint density at radius 1 is 1.83 bits per heavy atom. The predicted octanol–water partition coefficient (Wildman–Crippen LogP) is -1.70. The van der Waals surface area contributed by atoms with Crippen LogP contribution in [-0.2, 0) is 0 Å². The van der Waals surface area contributed by atoms with Crippen molar-refractivity contribution < 1.29 is 0 Å². The third-order valence-electron chi connectivity index (χ3n) is 0.564. The largest absolute Gasteiger partial charge is 0.298 e. The summed E-state index contributed by atoms with van der Waals surface area (Å²) in [6, 6.07) is 2.22. The number of nitrogens with zero attached hydrogens (tertiary/aromatic N) is 1. The number of hydrogen-bond donors (Lipinski definition) is 1. The maximum absolute atomic E-state index is 7.89. The van der Waals surface area contributed by atoms with Gasteiger partial charge in [0.2, 0.25) is 0 Å². The Labute approximate surface area is 38.7 Å². The molecule has 3 heteroatoms. The monoisotopic (exact) mass is 82.1 g/mol. The zero-order valence-corrected chi connectivity index (χ0v) is 2.73. The molecule has 1 aliphatic rings. The van der Waals surface area contributed by atoms with Crippen molar-refractivity contribution in [1.29, 1.82) is 5.26 Å². The Kier molecular flexibility index (Phi) is 1.69. The lowest BCUT2D eigenvalue weighted by Crippen LogP contribution is -1.78. The fraction of sp³-hybridized carbons (Fsp3) is 0.667. The molecule has 0 aliphatic carbocycles. The molecule has 0 amide bonds. The number of hydrogen-bond acceptors (Lipinski definition) is 2. The van der Waals surface area contributed by atoms with Gasteiger partial charge in [0.25, 0.3) is 0 Å². The summed E-state index contributed by atoms with van der Waals surface area (Å²) in [5, 5.41) is 10.7. The molecule has 0 spiro atoms. The molecule has 1 aliphatic heterocycles. The molecule has 1 unspecified atom stereocenters. The Hall–Kier alpha value is -0.485. The molecule has 1 heterocycles. The third kappa shape index (κ3) is 1.09. The quantitative estimate of drug-likeness (QED) is 0.279. The molecule has 1 fully saturated rings. The van der Waals surface area contributed by atoms with Gasteiger partial charge in [0, 0.05) is 6.54 Å². The van der Waals surface area contributed by atoms with E-state index >= 15 is 0 Å². The highest BCUT2D eigenvalue weighted by Gasteiger charge is 2.17. The van der Waals surface area contributed by atoms with E-state index < -0.39 is 0 Å². The van der Waals surface area contributed by atoms with Crippen LogP contribution in [0.2, 0.25) is 0 Å². The van der Waals surface area contributed by atoms with Gasteiger partial charge in [0.05, 0.1) is 14.5 Å². The zero-order chi connectivity index (χ0) is 3.70.